The first-order valence-corrected chi connectivity index (χ1v) is 5.96. The highest BCUT2D eigenvalue weighted by Crippen LogP contribution is 2.36. The van der Waals surface area contributed by atoms with Crippen LogP contribution in [0.2, 0.25) is 0 Å². The van der Waals surface area contributed by atoms with Crippen molar-refractivity contribution in [2.75, 3.05) is 6.54 Å². The van der Waals surface area contributed by atoms with Crippen molar-refractivity contribution >= 4 is 21.6 Å². The van der Waals surface area contributed by atoms with Gasteiger partial charge in [-0.15, -0.1) is 0 Å². The molecular weight excluding hydrogens is 330 g/mol. The first-order chi connectivity index (χ1) is 8.79. The summed E-state index contributed by atoms with van der Waals surface area (Å²) in [5.41, 5.74) is -0.803. The van der Waals surface area contributed by atoms with Crippen LogP contribution in [0, 0.1) is 5.21 Å². The second-order valence-corrected chi connectivity index (χ2v) is 4.75. The molecule has 0 spiro atoms. The number of halogens is 5. The van der Waals surface area contributed by atoms with E-state index in [4.69, 9.17) is 0 Å². The van der Waals surface area contributed by atoms with Gasteiger partial charge >= 0.3 is 6.18 Å². The smallest absolute Gasteiger partial charge is 0.416 e. The molecule has 0 radical (unpaired) electrons. The SMILES string of the molecule is [O-]N1CC(F)=CC=C1c1cc(C(F)(F)F)ccc1Br. The summed E-state index contributed by atoms with van der Waals surface area (Å²) in [6.45, 7) is -0.505. The highest BCUT2D eigenvalue weighted by Gasteiger charge is 2.31. The fraction of sp³-hybridized carbons (Fsp3) is 0.167. The lowest BCUT2D eigenvalue weighted by molar-refractivity contribution is -0.137. The average molecular weight is 337 g/mol. The Morgan fingerprint density at radius 1 is 1.21 bits per heavy atom. The molecule has 0 aromatic heterocycles. The monoisotopic (exact) mass is 336 g/mol. The highest BCUT2D eigenvalue weighted by molar-refractivity contribution is 9.10. The normalized spacial score (nSPS) is 16.2. The number of hydrogen-bond donors (Lipinski definition) is 0. The number of hydroxylamine groups is 2. The molecule has 0 N–H and O–H groups in total. The van der Waals surface area contributed by atoms with Crippen molar-refractivity contribution < 1.29 is 17.6 Å². The van der Waals surface area contributed by atoms with E-state index in [0.29, 0.717) is 9.54 Å². The first-order valence-electron chi connectivity index (χ1n) is 5.17. The van der Waals surface area contributed by atoms with Crippen LogP contribution in [0.15, 0.2) is 40.7 Å². The van der Waals surface area contributed by atoms with Crippen LogP contribution >= 0.6 is 15.9 Å². The van der Waals surface area contributed by atoms with Gasteiger partial charge in [0.1, 0.15) is 5.83 Å². The van der Waals surface area contributed by atoms with Crippen LogP contribution in [0.3, 0.4) is 0 Å². The Morgan fingerprint density at radius 2 is 1.89 bits per heavy atom. The van der Waals surface area contributed by atoms with Gasteiger partial charge in [0.25, 0.3) is 0 Å². The van der Waals surface area contributed by atoms with E-state index in [1.807, 2.05) is 0 Å². The fourth-order valence-corrected chi connectivity index (χ4v) is 2.10. The minimum Gasteiger partial charge on any atom is -0.758 e. The number of benzene rings is 1. The third-order valence-electron chi connectivity index (χ3n) is 2.56. The van der Waals surface area contributed by atoms with E-state index < -0.39 is 24.1 Å². The molecule has 2 rings (SSSR count). The maximum Gasteiger partial charge on any atom is 0.416 e. The molecule has 7 heteroatoms. The van der Waals surface area contributed by atoms with Gasteiger partial charge in [-0.05, 0) is 30.4 Å². The van der Waals surface area contributed by atoms with Crippen molar-refractivity contribution in [2.24, 2.45) is 0 Å². The van der Waals surface area contributed by atoms with Gasteiger partial charge in [0.15, 0.2) is 0 Å². The van der Waals surface area contributed by atoms with E-state index in [9.17, 15) is 22.8 Å². The van der Waals surface area contributed by atoms with Crippen LogP contribution in [-0.2, 0) is 6.18 Å². The van der Waals surface area contributed by atoms with Crippen molar-refractivity contribution in [2.45, 2.75) is 6.18 Å². The van der Waals surface area contributed by atoms with Gasteiger partial charge in [-0.1, -0.05) is 15.9 Å². The lowest BCUT2D eigenvalue weighted by atomic mass is 10.1. The Kier molecular flexibility index (Phi) is 3.69. The fourth-order valence-electron chi connectivity index (χ4n) is 1.65. The van der Waals surface area contributed by atoms with Crippen LogP contribution in [0.4, 0.5) is 17.6 Å². The van der Waals surface area contributed by atoms with E-state index >= 15 is 0 Å². The zero-order chi connectivity index (χ0) is 14.2. The van der Waals surface area contributed by atoms with E-state index in [1.165, 1.54) is 6.07 Å². The molecule has 1 aliphatic rings. The zero-order valence-electron chi connectivity index (χ0n) is 9.34. The molecule has 0 saturated carbocycles. The minimum atomic E-state index is -4.50. The van der Waals surface area contributed by atoms with Crippen molar-refractivity contribution in [1.82, 2.24) is 5.06 Å². The molecule has 0 bridgehead atoms. The molecule has 2 nitrogen and oxygen atoms in total. The summed E-state index contributed by atoms with van der Waals surface area (Å²) in [5, 5.41) is 11.9. The molecule has 0 saturated heterocycles. The molecule has 1 aromatic carbocycles. The Balaban J connectivity index is 2.51. The summed E-state index contributed by atoms with van der Waals surface area (Å²) >= 11 is 3.09. The van der Waals surface area contributed by atoms with Gasteiger partial charge in [-0.25, -0.2) is 4.39 Å². The Bertz CT molecular complexity index is 565. The summed E-state index contributed by atoms with van der Waals surface area (Å²) in [7, 11) is 0. The van der Waals surface area contributed by atoms with Gasteiger partial charge in [0.2, 0.25) is 0 Å². The molecule has 0 atom stereocenters. The maximum absolute atomic E-state index is 12.9. The van der Waals surface area contributed by atoms with Crippen LogP contribution in [0.25, 0.3) is 5.70 Å². The highest BCUT2D eigenvalue weighted by atomic mass is 79.9. The van der Waals surface area contributed by atoms with Crippen LogP contribution < -0.4 is 0 Å². The molecular formula is C12H7BrF4NO-. The van der Waals surface area contributed by atoms with Crippen molar-refractivity contribution in [1.29, 1.82) is 0 Å². The average Bonchev–Trinajstić information content (AvgIpc) is 2.29. The first kappa shape index (κ1) is 14.1. The maximum atomic E-state index is 12.9. The standard InChI is InChI=1S/C12H7BrF4NO/c13-10-3-1-7(12(15,16)17)5-9(10)11-4-2-8(14)6-18(11)19/h1-5H,6H2/q-1. The van der Waals surface area contributed by atoms with Crippen molar-refractivity contribution in [3.8, 4) is 0 Å². The van der Waals surface area contributed by atoms with Gasteiger partial charge in [-0.3, -0.25) is 0 Å². The van der Waals surface area contributed by atoms with Gasteiger partial charge in [0, 0.05) is 15.7 Å². The zero-order valence-corrected chi connectivity index (χ0v) is 10.9. The molecule has 102 valence electrons. The molecule has 1 aliphatic heterocycles. The van der Waals surface area contributed by atoms with Gasteiger partial charge in [-0.2, -0.15) is 13.2 Å². The second-order valence-electron chi connectivity index (χ2n) is 3.89. The lowest BCUT2D eigenvalue weighted by Crippen LogP contribution is -2.19. The summed E-state index contributed by atoms with van der Waals surface area (Å²) in [6.07, 6.45) is -2.28. The molecule has 0 aliphatic carbocycles. The number of rotatable bonds is 1. The molecule has 19 heavy (non-hydrogen) atoms. The molecule has 0 unspecified atom stereocenters. The predicted molar refractivity (Wildman–Crippen MR) is 66.4 cm³/mol. The topological polar surface area (TPSA) is 26.3 Å². The summed E-state index contributed by atoms with van der Waals surface area (Å²) in [6, 6.07) is 2.97. The van der Waals surface area contributed by atoms with Crippen molar-refractivity contribution in [3.05, 3.63) is 57.0 Å². The Morgan fingerprint density at radius 3 is 2.47 bits per heavy atom. The predicted octanol–water partition coefficient (Wildman–Crippen LogP) is 4.48. The summed E-state index contributed by atoms with van der Waals surface area (Å²) in [4.78, 5) is 0. The third-order valence-corrected chi connectivity index (χ3v) is 3.25. The van der Waals surface area contributed by atoms with Crippen molar-refractivity contribution in [3.63, 3.8) is 0 Å². The Hall–Kier alpha value is -1.34. The molecule has 0 fully saturated rings. The summed E-state index contributed by atoms with van der Waals surface area (Å²) in [5.74, 6) is -0.637. The molecule has 1 aromatic rings. The van der Waals surface area contributed by atoms with Crippen LogP contribution in [0.5, 0.6) is 0 Å². The largest absolute Gasteiger partial charge is 0.758 e. The van der Waals surface area contributed by atoms with E-state index in [-0.39, 0.29) is 11.3 Å². The van der Waals surface area contributed by atoms with E-state index in [2.05, 4.69) is 15.9 Å². The van der Waals surface area contributed by atoms with E-state index in [0.717, 1.165) is 24.3 Å². The van der Waals surface area contributed by atoms with Gasteiger partial charge < -0.3 is 10.3 Å². The minimum absolute atomic E-state index is 0.0145. The second kappa shape index (κ2) is 4.97. The molecule has 1 heterocycles. The van der Waals surface area contributed by atoms with Gasteiger partial charge in [0.05, 0.1) is 12.1 Å². The number of nitrogens with zero attached hydrogens (tertiary/aromatic N) is 1. The summed E-state index contributed by atoms with van der Waals surface area (Å²) < 4.78 is 51.1. The third kappa shape index (κ3) is 2.98. The molecule has 0 amide bonds. The lowest BCUT2D eigenvalue weighted by Gasteiger charge is -2.35. The number of alkyl halides is 3. The van der Waals surface area contributed by atoms with Crippen LogP contribution in [-0.4, -0.2) is 11.6 Å². The Labute approximate surface area is 114 Å². The van der Waals surface area contributed by atoms with Crippen LogP contribution in [0.1, 0.15) is 11.1 Å². The quantitative estimate of drug-likeness (QED) is 0.707. The number of hydrogen-bond acceptors (Lipinski definition) is 2. The van der Waals surface area contributed by atoms with E-state index in [1.54, 1.807) is 0 Å². The number of allylic oxidation sites excluding steroid dienone is 2.